The number of hydrogen-bond acceptors (Lipinski definition) is 5. The van der Waals surface area contributed by atoms with Crippen molar-refractivity contribution in [1.29, 1.82) is 0 Å². The number of esters is 1. The zero-order chi connectivity index (χ0) is 18.4. The molecule has 0 amide bonds. The molecule has 1 aliphatic carbocycles. The number of carbonyl (C=O) groups excluding carboxylic acids is 1. The molecule has 5 heteroatoms. The number of rotatable bonds is 8. The van der Waals surface area contributed by atoms with E-state index in [-0.39, 0.29) is 5.71 Å². The summed E-state index contributed by atoms with van der Waals surface area (Å²) in [7, 11) is 0. The van der Waals surface area contributed by atoms with Gasteiger partial charge in [-0.3, -0.25) is 0 Å². The fourth-order valence-corrected chi connectivity index (χ4v) is 3.64. The highest BCUT2D eigenvalue weighted by Gasteiger charge is 2.24. The standard InChI is InChI=1S/C21H23NO3S/c1-3-24-21(23)20(22-25-14-16-7-5-4-6-8-16)19-12-11-18(13-15(19)2)26-17-9-10-17/h4-8,11-13,17H,3,9-10,14H2,1-2H3/b22-20+. The number of nitrogens with zero attached hydrogens (tertiary/aromatic N) is 1. The molecule has 0 radical (unpaired) electrons. The lowest BCUT2D eigenvalue weighted by molar-refractivity contribution is -0.135. The smallest absolute Gasteiger partial charge is 0.361 e. The Morgan fingerprint density at radius 1 is 1.19 bits per heavy atom. The van der Waals surface area contributed by atoms with Crippen molar-refractivity contribution in [3.05, 3.63) is 65.2 Å². The molecule has 26 heavy (non-hydrogen) atoms. The summed E-state index contributed by atoms with van der Waals surface area (Å²) in [6.45, 7) is 4.37. The maximum Gasteiger partial charge on any atom is 0.361 e. The second kappa shape index (κ2) is 8.90. The predicted octanol–water partition coefficient (Wildman–Crippen LogP) is 4.73. The molecule has 2 aromatic rings. The van der Waals surface area contributed by atoms with Gasteiger partial charge in [0, 0.05) is 15.7 Å². The first kappa shape index (κ1) is 18.5. The summed E-state index contributed by atoms with van der Waals surface area (Å²) in [6, 6.07) is 15.8. The van der Waals surface area contributed by atoms with Gasteiger partial charge in [0.25, 0.3) is 0 Å². The second-order valence-electron chi connectivity index (χ2n) is 6.21. The third kappa shape index (κ3) is 5.11. The zero-order valence-electron chi connectivity index (χ0n) is 15.1. The zero-order valence-corrected chi connectivity index (χ0v) is 15.9. The Hall–Kier alpha value is -2.27. The van der Waals surface area contributed by atoms with E-state index in [1.54, 1.807) is 6.92 Å². The van der Waals surface area contributed by atoms with Crippen molar-refractivity contribution in [2.75, 3.05) is 6.61 Å². The van der Waals surface area contributed by atoms with Crippen LogP contribution in [0.1, 0.15) is 36.5 Å². The summed E-state index contributed by atoms with van der Waals surface area (Å²) in [5, 5.41) is 4.85. The molecule has 0 N–H and O–H groups in total. The maximum absolute atomic E-state index is 12.4. The average Bonchev–Trinajstić information content (AvgIpc) is 3.45. The fourth-order valence-electron chi connectivity index (χ4n) is 2.49. The van der Waals surface area contributed by atoms with Gasteiger partial charge in [-0.2, -0.15) is 0 Å². The predicted molar refractivity (Wildman–Crippen MR) is 104 cm³/mol. The van der Waals surface area contributed by atoms with E-state index in [2.05, 4.69) is 11.2 Å². The Kier molecular flexibility index (Phi) is 6.34. The van der Waals surface area contributed by atoms with Gasteiger partial charge >= 0.3 is 5.97 Å². The molecule has 0 aromatic heterocycles. The van der Waals surface area contributed by atoms with Gasteiger partial charge in [0.2, 0.25) is 0 Å². The van der Waals surface area contributed by atoms with Crippen LogP contribution >= 0.6 is 11.8 Å². The Morgan fingerprint density at radius 2 is 1.96 bits per heavy atom. The second-order valence-corrected chi connectivity index (χ2v) is 7.59. The summed E-state index contributed by atoms with van der Waals surface area (Å²) >= 11 is 1.89. The van der Waals surface area contributed by atoms with Crippen molar-refractivity contribution in [2.45, 2.75) is 43.4 Å². The van der Waals surface area contributed by atoms with Gasteiger partial charge in [0.1, 0.15) is 6.61 Å². The number of thioether (sulfide) groups is 1. The van der Waals surface area contributed by atoms with Crippen molar-refractivity contribution in [3.63, 3.8) is 0 Å². The van der Waals surface area contributed by atoms with Crippen molar-refractivity contribution >= 4 is 23.4 Å². The first-order chi connectivity index (χ1) is 12.7. The van der Waals surface area contributed by atoms with E-state index >= 15 is 0 Å². The van der Waals surface area contributed by atoms with Crippen LogP contribution < -0.4 is 0 Å². The molecule has 0 unspecified atom stereocenters. The number of benzene rings is 2. The highest BCUT2D eigenvalue weighted by molar-refractivity contribution is 8.00. The quantitative estimate of drug-likeness (QED) is 0.383. The minimum absolute atomic E-state index is 0.211. The van der Waals surface area contributed by atoms with Crippen LogP contribution in [0.4, 0.5) is 0 Å². The molecule has 1 aliphatic rings. The van der Waals surface area contributed by atoms with Crippen molar-refractivity contribution in [2.24, 2.45) is 5.16 Å². The third-order valence-electron chi connectivity index (χ3n) is 3.98. The van der Waals surface area contributed by atoms with E-state index in [1.165, 1.54) is 17.7 Å². The molecule has 1 fully saturated rings. The van der Waals surface area contributed by atoms with Crippen LogP contribution in [0.25, 0.3) is 0 Å². The van der Waals surface area contributed by atoms with E-state index in [0.29, 0.717) is 13.2 Å². The summed E-state index contributed by atoms with van der Waals surface area (Å²) in [5.41, 5.74) is 2.94. The summed E-state index contributed by atoms with van der Waals surface area (Å²) in [5.74, 6) is -0.466. The van der Waals surface area contributed by atoms with Gasteiger partial charge < -0.3 is 9.57 Å². The number of ether oxygens (including phenoxy) is 1. The normalized spacial score (nSPS) is 14.2. The minimum Gasteiger partial charge on any atom is -0.461 e. The van der Waals surface area contributed by atoms with Gasteiger partial charge in [0.15, 0.2) is 5.71 Å². The molecule has 4 nitrogen and oxygen atoms in total. The van der Waals surface area contributed by atoms with E-state index < -0.39 is 5.97 Å². The molecule has 0 aliphatic heterocycles. The minimum atomic E-state index is -0.466. The Labute approximate surface area is 158 Å². The Bertz CT molecular complexity index is 785. The van der Waals surface area contributed by atoms with E-state index in [9.17, 15) is 4.79 Å². The monoisotopic (exact) mass is 369 g/mol. The van der Waals surface area contributed by atoms with E-state index in [1.807, 2.05) is 61.2 Å². The van der Waals surface area contributed by atoms with Crippen molar-refractivity contribution < 1.29 is 14.4 Å². The largest absolute Gasteiger partial charge is 0.461 e. The highest BCUT2D eigenvalue weighted by atomic mass is 32.2. The number of oxime groups is 1. The summed E-state index contributed by atoms with van der Waals surface area (Å²) in [6.07, 6.45) is 2.57. The molecule has 0 saturated heterocycles. The molecule has 0 heterocycles. The van der Waals surface area contributed by atoms with Crippen LogP contribution in [0.5, 0.6) is 0 Å². The van der Waals surface area contributed by atoms with Crippen LogP contribution in [0.15, 0.2) is 58.6 Å². The number of hydrogen-bond donors (Lipinski definition) is 0. The van der Waals surface area contributed by atoms with Crippen LogP contribution in [0.2, 0.25) is 0 Å². The Balaban J connectivity index is 1.78. The lowest BCUT2D eigenvalue weighted by atomic mass is 10.0. The molecule has 1 saturated carbocycles. The van der Waals surface area contributed by atoms with E-state index in [4.69, 9.17) is 9.57 Å². The van der Waals surface area contributed by atoms with E-state index in [0.717, 1.165) is 21.9 Å². The first-order valence-corrected chi connectivity index (χ1v) is 9.74. The van der Waals surface area contributed by atoms with Crippen molar-refractivity contribution in [1.82, 2.24) is 0 Å². The maximum atomic E-state index is 12.4. The molecule has 0 bridgehead atoms. The molecular formula is C21H23NO3S. The highest BCUT2D eigenvalue weighted by Crippen LogP contribution is 2.39. The number of carbonyl (C=O) groups is 1. The van der Waals surface area contributed by atoms with Crippen molar-refractivity contribution in [3.8, 4) is 0 Å². The molecule has 0 spiro atoms. The van der Waals surface area contributed by atoms with Crippen LogP contribution in [0, 0.1) is 6.92 Å². The SMILES string of the molecule is CCOC(=O)/C(=N/OCc1ccccc1)c1ccc(SC2CC2)cc1C. The lowest BCUT2D eigenvalue weighted by Gasteiger charge is -2.11. The van der Waals surface area contributed by atoms with Gasteiger partial charge in [-0.25, -0.2) is 4.79 Å². The topological polar surface area (TPSA) is 47.9 Å². The average molecular weight is 369 g/mol. The first-order valence-electron chi connectivity index (χ1n) is 8.86. The molecule has 2 aromatic carbocycles. The molecule has 136 valence electrons. The number of aryl methyl sites for hydroxylation is 1. The molecule has 3 rings (SSSR count). The van der Waals surface area contributed by atoms with Gasteiger partial charge in [-0.15, -0.1) is 11.8 Å². The third-order valence-corrected chi connectivity index (χ3v) is 5.31. The van der Waals surface area contributed by atoms with Gasteiger partial charge in [-0.05, 0) is 49.9 Å². The molecular weight excluding hydrogens is 346 g/mol. The fraction of sp³-hybridized carbons (Fsp3) is 0.333. The van der Waals surface area contributed by atoms with Crippen LogP contribution in [-0.4, -0.2) is 23.5 Å². The van der Waals surface area contributed by atoms with Gasteiger partial charge in [-0.1, -0.05) is 41.6 Å². The molecule has 0 atom stereocenters. The lowest BCUT2D eigenvalue weighted by Crippen LogP contribution is -2.20. The summed E-state index contributed by atoms with van der Waals surface area (Å²) < 4.78 is 5.17. The summed E-state index contributed by atoms with van der Waals surface area (Å²) in [4.78, 5) is 19.0. The van der Waals surface area contributed by atoms with Crippen LogP contribution in [0.3, 0.4) is 0 Å². The van der Waals surface area contributed by atoms with Gasteiger partial charge in [0.05, 0.1) is 6.61 Å². The van der Waals surface area contributed by atoms with Crippen LogP contribution in [-0.2, 0) is 21.0 Å². The Morgan fingerprint density at radius 3 is 2.62 bits per heavy atom.